The Kier molecular flexibility index (Phi) is 6.18. The van der Waals surface area contributed by atoms with E-state index in [0.29, 0.717) is 23.7 Å². The first kappa shape index (κ1) is 19.6. The molecule has 1 aromatic heterocycles. The first-order valence-electron chi connectivity index (χ1n) is 10.3. The van der Waals surface area contributed by atoms with E-state index in [2.05, 4.69) is 16.4 Å². The summed E-state index contributed by atoms with van der Waals surface area (Å²) in [5.74, 6) is 0.485. The highest BCUT2D eigenvalue weighted by Gasteiger charge is 2.30. The lowest BCUT2D eigenvalue weighted by Gasteiger charge is -2.31. The normalized spacial score (nSPS) is 21.3. The number of nitrogens with one attached hydrogen (secondary N) is 1. The number of amides is 1. The molecule has 0 bridgehead atoms. The van der Waals surface area contributed by atoms with Crippen molar-refractivity contribution in [3.8, 4) is 17.2 Å². The molecule has 29 heavy (non-hydrogen) atoms. The molecule has 1 amide bonds. The largest absolute Gasteiger partial charge is 0.347 e. The van der Waals surface area contributed by atoms with Crippen molar-refractivity contribution >= 4 is 5.91 Å². The molecule has 1 N–H and O–H groups in total. The van der Waals surface area contributed by atoms with E-state index in [9.17, 15) is 4.79 Å². The number of rotatable bonds is 7. The number of benzene rings is 1. The number of carbonyl (C=O) groups excluding carboxylic acids is 1. The number of aromatic nitrogens is 1. The van der Waals surface area contributed by atoms with Gasteiger partial charge in [0.1, 0.15) is 6.10 Å². The molecular weight excluding hydrogens is 366 g/mol. The molecule has 0 saturated heterocycles. The molecule has 2 fully saturated rings. The van der Waals surface area contributed by atoms with Gasteiger partial charge >= 0.3 is 0 Å². The Morgan fingerprint density at radius 3 is 2.66 bits per heavy atom. The molecule has 4 rings (SSSR count). The molecule has 1 heterocycles. The van der Waals surface area contributed by atoms with Crippen LogP contribution in [0.5, 0.6) is 0 Å². The van der Waals surface area contributed by atoms with Gasteiger partial charge in [0.2, 0.25) is 0 Å². The summed E-state index contributed by atoms with van der Waals surface area (Å²) in [5, 5.41) is 12.1. The zero-order valence-corrected chi connectivity index (χ0v) is 16.3. The molecule has 0 unspecified atom stereocenters. The number of pyridine rings is 1. The lowest BCUT2D eigenvalue weighted by molar-refractivity contribution is -0.334. The standard InChI is InChI=1S/C23H25N3O3/c24-12-16-7-9-18(10-8-16)19-11-20(14-25-13-19)23(27)26-21-3-1-2-4-22(21)29-28-15-17-5-6-17/h7-11,13-14,17,21-22H,1-6,15H2,(H,26,27)/t21-,22-/m0/s1. The Morgan fingerprint density at radius 2 is 1.90 bits per heavy atom. The summed E-state index contributed by atoms with van der Waals surface area (Å²) in [6.07, 6.45) is 9.54. The van der Waals surface area contributed by atoms with Gasteiger partial charge in [0.05, 0.1) is 29.8 Å². The zero-order chi connectivity index (χ0) is 20.1. The van der Waals surface area contributed by atoms with Crippen molar-refractivity contribution in [3.63, 3.8) is 0 Å². The maximum Gasteiger partial charge on any atom is 0.253 e. The van der Waals surface area contributed by atoms with Gasteiger partial charge in [0.15, 0.2) is 0 Å². The molecule has 6 nitrogen and oxygen atoms in total. The number of hydrogen-bond donors (Lipinski definition) is 1. The van der Waals surface area contributed by atoms with Crippen molar-refractivity contribution < 1.29 is 14.6 Å². The number of nitrogens with zero attached hydrogens (tertiary/aromatic N) is 2. The van der Waals surface area contributed by atoms with E-state index in [1.807, 2.05) is 18.2 Å². The van der Waals surface area contributed by atoms with Crippen molar-refractivity contribution in [1.29, 1.82) is 5.26 Å². The van der Waals surface area contributed by atoms with E-state index in [0.717, 1.165) is 36.8 Å². The Bertz CT molecular complexity index is 887. The first-order chi connectivity index (χ1) is 14.2. The zero-order valence-electron chi connectivity index (χ0n) is 16.3. The molecule has 0 spiro atoms. The molecule has 0 radical (unpaired) electrons. The molecule has 0 aliphatic heterocycles. The van der Waals surface area contributed by atoms with E-state index in [-0.39, 0.29) is 18.1 Å². The average Bonchev–Trinajstić information content (AvgIpc) is 3.59. The Morgan fingerprint density at radius 1 is 1.10 bits per heavy atom. The second kappa shape index (κ2) is 9.17. The predicted octanol–water partition coefficient (Wildman–Crippen LogP) is 4.02. The van der Waals surface area contributed by atoms with Crippen molar-refractivity contribution in [1.82, 2.24) is 10.3 Å². The molecule has 1 aromatic carbocycles. The van der Waals surface area contributed by atoms with Crippen molar-refractivity contribution in [2.45, 2.75) is 50.7 Å². The van der Waals surface area contributed by atoms with Crippen molar-refractivity contribution in [2.24, 2.45) is 5.92 Å². The van der Waals surface area contributed by atoms with Gasteiger partial charge in [-0.3, -0.25) is 9.78 Å². The number of carbonyl (C=O) groups is 1. The second-order valence-electron chi connectivity index (χ2n) is 7.88. The van der Waals surface area contributed by atoms with Crippen LogP contribution >= 0.6 is 0 Å². The second-order valence-corrected chi connectivity index (χ2v) is 7.88. The highest BCUT2D eigenvalue weighted by molar-refractivity contribution is 5.95. The highest BCUT2D eigenvalue weighted by atomic mass is 17.2. The molecule has 150 valence electrons. The maximum atomic E-state index is 12.8. The van der Waals surface area contributed by atoms with Crippen LogP contribution < -0.4 is 5.32 Å². The summed E-state index contributed by atoms with van der Waals surface area (Å²) in [5.41, 5.74) is 2.86. The Balaban J connectivity index is 1.40. The van der Waals surface area contributed by atoms with Crippen molar-refractivity contribution in [2.75, 3.05) is 6.61 Å². The minimum absolute atomic E-state index is 0.0611. The van der Waals surface area contributed by atoms with Crippen LogP contribution in [0.1, 0.15) is 54.4 Å². The van der Waals surface area contributed by atoms with Gasteiger partial charge in [-0.25, -0.2) is 9.78 Å². The minimum atomic E-state index is -0.157. The molecule has 2 aliphatic rings. The van der Waals surface area contributed by atoms with E-state index < -0.39 is 0 Å². The predicted molar refractivity (Wildman–Crippen MR) is 108 cm³/mol. The van der Waals surface area contributed by atoms with E-state index in [1.54, 1.807) is 24.5 Å². The van der Waals surface area contributed by atoms with Gasteiger partial charge in [-0.1, -0.05) is 25.0 Å². The quantitative estimate of drug-likeness (QED) is 0.569. The molecule has 2 saturated carbocycles. The summed E-state index contributed by atoms with van der Waals surface area (Å²) < 4.78 is 0. The van der Waals surface area contributed by atoms with Gasteiger partial charge in [-0.15, -0.1) is 0 Å². The van der Waals surface area contributed by atoms with Gasteiger partial charge in [0.25, 0.3) is 5.91 Å². The minimum Gasteiger partial charge on any atom is -0.347 e. The SMILES string of the molecule is N#Cc1ccc(-c2cncc(C(=O)N[C@H]3CCCC[C@@H]3OOCC3CC3)c2)cc1. The van der Waals surface area contributed by atoms with E-state index >= 15 is 0 Å². The monoisotopic (exact) mass is 391 g/mol. The average molecular weight is 391 g/mol. The van der Waals surface area contributed by atoms with Crippen molar-refractivity contribution in [3.05, 3.63) is 53.9 Å². The fourth-order valence-electron chi connectivity index (χ4n) is 3.60. The lowest BCUT2D eigenvalue weighted by atomic mass is 9.92. The highest BCUT2D eigenvalue weighted by Crippen LogP contribution is 2.30. The fraction of sp³-hybridized carbons (Fsp3) is 0.435. The van der Waals surface area contributed by atoms with Gasteiger partial charge in [-0.05, 0) is 55.4 Å². The lowest BCUT2D eigenvalue weighted by Crippen LogP contribution is -2.46. The summed E-state index contributed by atoms with van der Waals surface area (Å²) in [6.45, 7) is 0.647. The summed E-state index contributed by atoms with van der Waals surface area (Å²) in [7, 11) is 0. The van der Waals surface area contributed by atoms with Gasteiger partial charge < -0.3 is 5.32 Å². The molecule has 6 heteroatoms. The fourth-order valence-corrected chi connectivity index (χ4v) is 3.60. The third kappa shape index (κ3) is 5.20. The molecule has 2 aromatic rings. The first-order valence-corrected chi connectivity index (χ1v) is 10.3. The molecule has 2 atom stereocenters. The number of nitriles is 1. The van der Waals surface area contributed by atoms with E-state index in [1.165, 1.54) is 12.8 Å². The Hall–Kier alpha value is -2.75. The molecule has 2 aliphatic carbocycles. The number of hydrogen-bond acceptors (Lipinski definition) is 5. The van der Waals surface area contributed by atoms with Crippen LogP contribution in [-0.4, -0.2) is 29.6 Å². The van der Waals surface area contributed by atoms with Crippen LogP contribution in [0, 0.1) is 17.2 Å². The summed E-state index contributed by atoms with van der Waals surface area (Å²) in [4.78, 5) is 28.1. The van der Waals surface area contributed by atoms with Gasteiger partial charge in [0, 0.05) is 18.0 Å². The van der Waals surface area contributed by atoms with Crippen LogP contribution in [0.25, 0.3) is 11.1 Å². The molecular formula is C23H25N3O3. The third-order valence-corrected chi connectivity index (χ3v) is 5.56. The van der Waals surface area contributed by atoms with Crippen LogP contribution in [0.4, 0.5) is 0 Å². The smallest absolute Gasteiger partial charge is 0.253 e. The van der Waals surface area contributed by atoms with Crippen LogP contribution in [0.15, 0.2) is 42.7 Å². The van der Waals surface area contributed by atoms with Gasteiger partial charge in [-0.2, -0.15) is 5.26 Å². The van der Waals surface area contributed by atoms with E-state index in [4.69, 9.17) is 15.0 Å². The van der Waals surface area contributed by atoms with Crippen LogP contribution in [0.2, 0.25) is 0 Å². The van der Waals surface area contributed by atoms with Crippen LogP contribution in [-0.2, 0) is 9.78 Å². The summed E-state index contributed by atoms with van der Waals surface area (Å²) in [6, 6.07) is 11.1. The maximum absolute atomic E-state index is 12.8. The van der Waals surface area contributed by atoms with Crippen LogP contribution in [0.3, 0.4) is 0 Å². The third-order valence-electron chi connectivity index (χ3n) is 5.56. The Labute approximate surface area is 170 Å². The topological polar surface area (TPSA) is 84.2 Å². The summed E-state index contributed by atoms with van der Waals surface area (Å²) >= 11 is 0.